The maximum atomic E-state index is 12.9. The van der Waals surface area contributed by atoms with Crippen molar-refractivity contribution in [3.63, 3.8) is 0 Å². The Labute approximate surface area is 189 Å². The number of halogens is 2. The van der Waals surface area contributed by atoms with Gasteiger partial charge in [-0.05, 0) is 26.0 Å². The van der Waals surface area contributed by atoms with Gasteiger partial charge in [-0.25, -0.2) is 9.78 Å². The zero-order valence-corrected chi connectivity index (χ0v) is 18.2. The number of amides is 1. The zero-order valence-electron chi connectivity index (χ0n) is 16.7. The Bertz CT molecular complexity index is 1150. The lowest BCUT2D eigenvalue weighted by Crippen LogP contribution is -2.30. The second-order valence-corrected chi connectivity index (χ2v) is 7.61. The van der Waals surface area contributed by atoms with Gasteiger partial charge in [-0.1, -0.05) is 71.2 Å². The maximum Gasteiger partial charge on any atom is 0.339 e. The molecule has 0 radical (unpaired) electrons. The van der Waals surface area contributed by atoms with Gasteiger partial charge < -0.3 is 10.1 Å². The number of rotatable bonds is 6. The number of esters is 1. The molecule has 2 aromatic carbocycles. The fourth-order valence-electron chi connectivity index (χ4n) is 2.72. The third-order valence-electron chi connectivity index (χ3n) is 4.41. The van der Waals surface area contributed by atoms with Crippen LogP contribution in [0.3, 0.4) is 0 Å². The summed E-state index contributed by atoms with van der Waals surface area (Å²) in [5.74, 6) is -1.66. The van der Waals surface area contributed by atoms with Gasteiger partial charge in [-0.3, -0.25) is 9.59 Å². The van der Waals surface area contributed by atoms with E-state index in [0.717, 1.165) is 5.56 Å². The van der Waals surface area contributed by atoms with Crippen molar-refractivity contribution in [3.8, 4) is 0 Å². The molecule has 3 aromatic rings. The van der Waals surface area contributed by atoms with Crippen LogP contribution in [0.2, 0.25) is 10.0 Å². The van der Waals surface area contributed by atoms with Crippen molar-refractivity contribution in [3.05, 3.63) is 93.1 Å². The Morgan fingerprint density at radius 3 is 2.29 bits per heavy atom. The Morgan fingerprint density at radius 2 is 1.65 bits per heavy atom. The molecule has 0 aliphatic carbocycles. The second-order valence-electron chi connectivity index (χ2n) is 6.76. The van der Waals surface area contributed by atoms with E-state index < -0.39 is 18.0 Å². The number of pyridine rings is 1. The van der Waals surface area contributed by atoms with Crippen molar-refractivity contribution in [2.24, 2.45) is 0 Å². The molecule has 1 amide bonds. The monoisotopic (exact) mass is 456 g/mol. The largest absolute Gasteiger partial charge is 0.449 e. The van der Waals surface area contributed by atoms with Gasteiger partial charge in [0.2, 0.25) is 0 Å². The van der Waals surface area contributed by atoms with Crippen LogP contribution in [-0.2, 0) is 9.53 Å². The van der Waals surface area contributed by atoms with E-state index in [1.807, 2.05) is 19.1 Å². The minimum atomic E-state index is -1.16. The van der Waals surface area contributed by atoms with Crippen LogP contribution in [0.4, 0.5) is 5.82 Å². The molecular weight excluding hydrogens is 439 g/mol. The van der Waals surface area contributed by atoms with Crippen LogP contribution in [-0.4, -0.2) is 28.7 Å². The van der Waals surface area contributed by atoms with E-state index in [-0.39, 0.29) is 27.8 Å². The summed E-state index contributed by atoms with van der Waals surface area (Å²) in [5.41, 5.74) is 1.71. The first-order chi connectivity index (χ1) is 14.8. The Morgan fingerprint density at radius 1 is 1.00 bits per heavy atom. The quantitative estimate of drug-likeness (QED) is 0.411. The minimum absolute atomic E-state index is 0.0652. The summed E-state index contributed by atoms with van der Waals surface area (Å²) in [6.07, 6.45) is 0.163. The first kappa shape index (κ1) is 22.5. The Hall–Kier alpha value is -3.22. The summed E-state index contributed by atoms with van der Waals surface area (Å²) in [7, 11) is 0. The molecule has 0 aliphatic heterocycles. The number of aryl methyl sites for hydroxylation is 1. The second kappa shape index (κ2) is 9.73. The Balaban J connectivity index is 1.75. The number of anilines is 1. The summed E-state index contributed by atoms with van der Waals surface area (Å²) in [6.45, 7) is 3.32. The molecule has 8 heteroatoms. The average molecular weight is 457 g/mol. The van der Waals surface area contributed by atoms with Gasteiger partial charge in [0.25, 0.3) is 5.91 Å². The molecule has 1 aromatic heterocycles. The number of nitrogens with zero attached hydrogens (tertiary/aromatic N) is 1. The first-order valence-corrected chi connectivity index (χ1v) is 10.0. The highest BCUT2D eigenvalue weighted by molar-refractivity contribution is 6.36. The average Bonchev–Trinajstić information content (AvgIpc) is 2.75. The van der Waals surface area contributed by atoms with E-state index in [9.17, 15) is 14.4 Å². The molecule has 31 heavy (non-hydrogen) atoms. The van der Waals surface area contributed by atoms with Crippen LogP contribution >= 0.6 is 23.2 Å². The van der Waals surface area contributed by atoms with E-state index in [1.165, 1.54) is 25.3 Å². The number of ketones is 1. The molecule has 0 saturated heterocycles. The molecule has 0 bridgehead atoms. The molecular formula is C23H18Cl2N2O4. The lowest BCUT2D eigenvalue weighted by Gasteiger charge is -2.15. The molecule has 1 heterocycles. The van der Waals surface area contributed by atoms with Gasteiger partial charge in [0.15, 0.2) is 17.7 Å². The van der Waals surface area contributed by atoms with E-state index in [2.05, 4.69) is 10.3 Å². The predicted octanol–water partition coefficient (Wildman–Crippen LogP) is 5.11. The van der Waals surface area contributed by atoms with Gasteiger partial charge in [0.1, 0.15) is 0 Å². The topological polar surface area (TPSA) is 85.4 Å². The third kappa shape index (κ3) is 5.48. The van der Waals surface area contributed by atoms with Crippen LogP contribution in [0, 0.1) is 6.92 Å². The number of benzene rings is 2. The number of carbonyl (C=O) groups excluding carboxylic acids is 3. The molecule has 0 saturated carbocycles. The molecule has 1 N–H and O–H groups in total. The number of ether oxygens (including phenoxy) is 1. The van der Waals surface area contributed by atoms with E-state index >= 15 is 0 Å². The number of carbonyl (C=O) groups is 3. The van der Waals surface area contributed by atoms with Crippen LogP contribution in [0.5, 0.6) is 0 Å². The van der Waals surface area contributed by atoms with Crippen molar-refractivity contribution < 1.29 is 19.1 Å². The van der Waals surface area contributed by atoms with Crippen molar-refractivity contribution in [1.29, 1.82) is 0 Å². The molecule has 6 nitrogen and oxygen atoms in total. The molecule has 1 atom stereocenters. The molecule has 158 valence electrons. The molecule has 0 aliphatic rings. The van der Waals surface area contributed by atoms with Crippen molar-refractivity contribution in [2.75, 3.05) is 5.32 Å². The van der Waals surface area contributed by atoms with Crippen LogP contribution in [0.1, 0.15) is 38.8 Å². The standard InChI is InChI=1S/C23H18Cl2N2O4/c1-13-7-9-15(10-8-13)20(28)17-5-3-4-6-18(17)23(30)31-14(2)22(29)27-21-19(25)11-16(24)12-26-21/h3-12,14H,1-2H3,(H,26,27,29). The fourth-order valence-corrected chi connectivity index (χ4v) is 3.15. The summed E-state index contributed by atoms with van der Waals surface area (Å²) in [5, 5.41) is 2.94. The smallest absolute Gasteiger partial charge is 0.339 e. The highest BCUT2D eigenvalue weighted by Crippen LogP contribution is 2.23. The van der Waals surface area contributed by atoms with Crippen molar-refractivity contribution in [2.45, 2.75) is 20.0 Å². The van der Waals surface area contributed by atoms with Gasteiger partial charge in [0.05, 0.1) is 15.6 Å². The summed E-state index contributed by atoms with van der Waals surface area (Å²) in [6, 6.07) is 14.7. The SMILES string of the molecule is Cc1ccc(C(=O)c2ccccc2C(=O)OC(C)C(=O)Nc2ncc(Cl)cc2Cl)cc1. The van der Waals surface area contributed by atoms with Gasteiger partial charge >= 0.3 is 5.97 Å². The van der Waals surface area contributed by atoms with E-state index in [4.69, 9.17) is 27.9 Å². The van der Waals surface area contributed by atoms with Crippen molar-refractivity contribution in [1.82, 2.24) is 4.98 Å². The highest BCUT2D eigenvalue weighted by atomic mass is 35.5. The number of hydrogen-bond donors (Lipinski definition) is 1. The van der Waals surface area contributed by atoms with Crippen LogP contribution < -0.4 is 5.32 Å². The summed E-state index contributed by atoms with van der Waals surface area (Å²) in [4.78, 5) is 41.9. The van der Waals surface area contributed by atoms with Crippen LogP contribution in [0.25, 0.3) is 0 Å². The summed E-state index contributed by atoms with van der Waals surface area (Å²) < 4.78 is 5.28. The van der Waals surface area contributed by atoms with Crippen LogP contribution in [0.15, 0.2) is 60.8 Å². The van der Waals surface area contributed by atoms with Gasteiger partial charge in [-0.2, -0.15) is 0 Å². The fraction of sp³-hybridized carbons (Fsp3) is 0.130. The molecule has 3 rings (SSSR count). The van der Waals surface area contributed by atoms with Crippen molar-refractivity contribution >= 4 is 46.7 Å². The third-order valence-corrected chi connectivity index (χ3v) is 4.90. The highest BCUT2D eigenvalue weighted by Gasteiger charge is 2.24. The molecule has 1 unspecified atom stereocenters. The van der Waals surface area contributed by atoms with E-state index in [1.54, 1.807) is 30.3 Å². The zero-order chi connectivity index (χ0) is 22.5. The Kier molecular flexibility index (Phi) is 7.05. The number of aromatic nitrogens is 1. The van der Waals surface area contributed by atoms with E-state index in [0.29, 0.717) is 10.6 Å². The lowest BCUT2D eigenvalue weighted by molar-refractivity contribution is -0.123. The number of hydrogen-bond acceptors (Lipinski definition) is 5. The van der Waals surface area contributed by atoms with Gasteiger partial charge in [0, 0.05) is 17.3 Å². The lowest BCUT2D eigenvalue weighted by atomic mass is 9.98. The minimum Gasteiger partial charge on any atom is -0.449 e. The maximum absolute atomic E-state index is 12.9. The van der Waals surface area contributed by atoms with Gasteiger partial charge in [-0.15, -0.1) is 0 Å². The normalized spacial score (nSPS) is 11.5. The summed E-state index contributed by atoms with van der Waals surface area (Å²) >= 11 is 11.8. The molecule has 0 spiro atoms. The number of nitrogens with one attached hydrogen (secondary N) is 1. The predicted molar refractivity (Wildman–Crippen MR) is 119 cm³/mol. The molecule has 0 fully saturated rings. The first-order valence-electron chi connectivity index (χ1n) is 9.29.